The number of nitrogens with one attached hydrogen (secondary N) is 1. The van der Waals surface area contributed by atoms with E-state index < -0.39 is 15.8 Å². The number of hydrogen-bond acceptors (Lipinski definition) is 4. The number of rotatable bonds is 4. The monoisotopic (exact) mass is 370 g/mol. The van der Waals surface area contributed by atoms with Gasteiger partial charge in [0.05, 0.1) is 10.5 Å². The number of halogens is 1. The Morgan fingerprint density at radius 1 is 1.29 bits per heavy atom. The van der Waals surface area contributed by atoms with Crippen LogP contribution in [0.1, 0.15) is 32.6 Å². The molecule has 0 bridgehead atoms. The minimum absolute atomic E-state index is 0.0107. The molecule has 2 saturated carbocycles. The molecule has 1 aromatic carbocycles. The number of aromatic nitrogens is 1. The summed E-state index contributed by atoms with van der Waals surface area (Å²) in [4.78, 5) is 11.8. The number of aryl methyl sites for hydroxylation is 1. The normalized spacial score (nSPS) is 26.5. The molecule has 4 rings (SSSR count). The minimum atomic E-state index is -3.74. The van der Waals surface area contributed by atoms with Crippen LogP contribution in [0.25, 0.3) is 11.1 Å². The maximum absolute atomic E-state index is 12.7. The largest absolute Gasteiger partial charge is 0.419 e. The summed E-state index contributed by atoms with van der Waals surface area (Å²) < 4.78 is 34.8. The molecule has 0 saturated heterocycles. The number of benzene rings is 1. The molecule has 2 unspecified atom stereocenters. The fourth-order valence-electron chi connectivity index (χ4n) is 3.98. The molecule has 2 aliphatic rings. The summed E-state index contributed by atoms with van der Waals surface area (Å²) in [5.74, 6) is 0.393. The molecule has 2 aliphatic carbocycles. The zero-order chi connectivity index (χ0) is 17.1. The lowest BCUT2D eigenvalue weighted by Gasteiger charge is -2.08. The van der Waals surface area contributed by atoms with Gasteiger partial charge in [-0.15, -0.1) is 0 Å². The Morgan fingerprint density at radius 3 is 2.58 bits per heavy atom. The lowest BCUT2D eigenvalue weighted by molar-refractivity contribution is 0.480. The first-order valence-corrected chi connectivity index (χ1v) is 10.1. The maximum atomic E-state index is 12.7. The van der Waals surface area contributed by atoms with Crippen LogP contribution in [0.4, 0.5) is 0 Å². The average Bonchev–Trinajstić information content (AvgIpc) is 3.12. The molecular weight excluding hydrogens is 352 g/mol. The molecular formula is C16H19ClN2O4S. The van der Waals surface area contributed by atoms with Crippen LogP contribution in [0.3, 0.4) is 0 Å². The lowest BCUT2D eigenvalue weighted by atomic mass is 10.0. The van der Waals surface area contributed by atoms with Crippen molar-refractivity contribution in [1.82, 2.24) is 9.29 Å². The number of hydrogen-bond donors (Lipinski definition) is 1. The first kappa shape index (κ1) is 16.2. The van der Waals surface area contributed by atoms with Crippen molar-refractivity contribution < 1.29 is 12.8 Å². The Bertz CT molecular complexity index is 950. The molecule has 2 fully saturated rings. The van der Waals surface area contributed by atoms with Crippen molar-refractivity contribution in [3.05, 3.63) is 27.7 Å². The predicted molar refractivity (Wildman–Crippen MR) is 90.7 cm³/mol. The topological polar surface area (TPSA) is 81.3 Å². The van der Waals surface area contributed by atoms with Crippen molar-refractivity contribution >= 4 is 32.7 Å². The summed E-state index contributed by atoms with van der Waals surface area (Å²) in [5.41, 5.74) is 0.742. The molecule has 1 heterocycles. The van der Waals surface area contributed by atoms with Crippen molar-refractivity contribution in [2.75, 3.05) is 0 Å². The fourth-order valence-corrected chi connectivity index (χ4v) is 5.85. The SMILES string of the molecule is CCn1c(=O)oc2cc(S(=O)(=O)NC3C4CCCCC43)c(Cl)cc21. The van der Waals surface area contributed by atoms with Crippen molar-refractivity contribution in [1.29, 1.82) is 0 Å². The first-order valence-electron chi connectivity index (χ1n) is 8.27. The third-order valence-electron chi connectivity index (χ3n) is 5.28. The minimum Gasteiger partial charge on any atom is -0.408 e. The first-order chi connectivity index (χ1) is 11.4. The van der Waals surface area contributed by atoms with Gasteiger partial charge in [0.25, 0.3) is 0 Å². The fraction of sp³-hybridized carbons (Fsp3) is 0.562. The van der Waals surface area contributed by atoms with Gasteiger partial charge in [-0.3, -0.25) is 4.57 Å². The van der Waals surface area contributed by atoms with Gasteiger partial charge < -0.3 is 4.42 Å². The van der Waals surface area contributed by atoms with Crippen molar-refractivity contribution in [2.45, 2.75) is 50.1 Å². The molecule has 1 aromatic heterocycles. The van der Waals surface area contributed by atoms with Crippen molar-refractivity contribution in [2.24, 2.45) is 11.8 Å². The van der Waals surface area contributed by atoms with Crippen molar-refractivity contribution in [3.63, 3.8) is 0 Å². The third kappa shape index (κ3) is 2.50. The summed E-state index contributed by atoms with van der Waals surface area (Å²) in [6, 6.07) is 2.84. The summed E-state index contributed by atoms with van der Waals surface area (Å²) in [6.45, 7) is 2.24. The Labute approximate surface area is 144 Å². The van der Waals surface area contributed by atoms with E-state index in [2.05, 4.69) is 4.72 Å². The molecule has 0 spiro atoms. The highest BCUT2D eigenvalue weighted by Crippen LogP contribution is 2.50. The Balaban J connectivity index is 1.70. The van der Waals surface area contributed by atoms with Crippen LogP contribution in [-0.2, 0) is 16.6 Å². The second kappa shape index (κ2) is 5.61. The third-order valence-corrected chi connectivity index (χ3v) is 7.20. The van der Waals surface area contributed by atoms with Gasteiger partial charge in [-0.05, 0) is 37.7 Å². The molecule has 0 radical (unpaired) electrons. The summed E-state index contributed by atoms with van der Waals surface area (Å²) in [6.07, 6.45) is 4.50. The molecule has 2 aromatic rings. The van der Waals surface area contributed by atoms with Crippen LogP contribution in [0, 0.1) is 11.8 Å². The predicted octanol–water partition coefficient (Wildman–Crippen LogP) is 2.73. The zero-order valence-corrected chi connectivity index (χ0v) is 14.9. The Kier molecular flexibility index (Phi) is 3.78. The lowest BCUT2D eigenvalue weighted by Crippen LogP contribution is -2.28. The molecule has 0 aliphatic heterocycles. The quantitative estimate of drug-likeness (QED) is 0.897. The average molecular weight is 371 g/mol. The van der Waals surface area contributed by atoms with E-state index in [1.165, 1.54) is 29.5 Å². The number of sulfonamides is 1. The van der Waals surface area contributed by atoms with Gasteiger partial charge >= 0.3 is 5.76 Å². The molecule has 130 valence electrons. The second-order valence-electron chi connectivity index (χ2n) is 6.62. The van der Waals surface area contributed by atoms with E-state index in [9.17, 15) is 13.2 Å². The van der Waals surface area contributed by atoms with Crippen LogP contribution in [-0.4, -0.2) is 19.0 Å². The van der Waals surface area contributed by atoms with E-state index in [0.717, 1.165) is 12.8 Å². The van der Waals surface area contributed by atoms with E-state index >= 15 is 0 Å². The van der Waals surface area contributed by atoms with Crippen molar-refractivity contribution in [3.8, 4) is 0 Å². The van der Waals surface area contributed by atoms with Gasteiger partial charge in [-0.2, -0.15) is 0 Å². The molecule has 2 atom stereocenters. The van der Waals surface area contributed by atoms with Crippen LogP contribution in [0.2, 0.25) is 5.02 Å². The second-order valence-corrected chi connectivity index (χ2v) is 8.71. The molecule has 8 heteroatoms. The molecule has 24 heavy (non-hydrogen) atoms. The molecule has 6 nitrogen and oxygen atoms in total. The highest BCUT2D eigenvalue weighted by atomic mass is 35.5. The van der Waals surface area contributed by atoms with E-state index in [4.69, 9.17) is 16.0 Å². The molecule has 1 N–H and O–H groups in total. The molecule has 0 amide bonds. The maximum Gasteiger partial charge on any atom is 0.419 e. The van der Waals surface area contributed by atoms with Gasteiger partial charge in [0.15, 0.2) is 5.58 Å². The van der Waals surface area contributed by atoms with Crippen LogP contribution in [0.5, 0.6) is 0 Å². The zero-order valence-electron chi connectivity index (χ0n) is 13.3. The number of oxazole rings is 1. The smallest absolute Gasteiger partial charge is 0.408 e. The van der Waals surface area contributed by atoms with E-state index in [-0.39, 0.29) is 21.5 Å². The van der Waals surface area contributed by atoms with E-state index in [1.807, 2.05) is 6.92 Å². The standard InChI is InChI=1S/C16H19ClN2O4S/c1-2-19-12-7-11(17)14(8-13(12)23-16(19)20)24(21,22)18-15-9-5-3-4-6-10(9)15/h7-10,15,18H,2-6H2,1H3. The van der Waals surface area contributed by atoms with Gasteiger partial charge in [-0.1, -0.05) is 24.4 Å². The van der Waals surface area contributed by atoms with Gasteiger partial charge in [0, 0.05) is 18.7 Å². The van der Waals surface area contributed by atoms with Gasteiger partial charge in [0.1, 0.15) is 4.90 Å². The van der Waals surface area contributed by atoms with Crippen LogP contribution in [0.15, 0.2) is 26.2 Å². The highest BCUT2D eigenvalue weighted by Gasteiger charge is 2.52. The van der Waals surface area contributed by atoms with E-state index in [1.54, 1.807) is 0 Å². The Hall–Kier alpha value is -1.31. The van der Waals surface area contributed by atoms with Gasteiger partial charge in [-0.25, -0.2) is 17.9 Å². The summed E-state index contributed by atoms with van der Waals surface area (Å²) in [7, 11) is -3.74. The number of nitrogens with zero attached hydrogens (tertiary/aromatic N) is 1. The summed E-state index contributed by atoms with van der Waals surface area (Å²) >= 11 is 6.21. The van der Waals surface area contributed by atoms with E-state index in [0.29, 0.717) is 23.9 Å². The van der Waals surface area contributed by atoms with Crippen LogP contribution < -0.4 is 10.5 Å². The highest BCUT2D eigenvalue weighted by molar-refractivity contribution is 7.89. The van der Waals surface area contributed by atoms with Gasteiger partial charge in [0.2, 0.25) is 10.0 Å². The number of fused-ring (bicyclic) bond motifs is 2. The Morgan fingerprint density at radius 2 is 1.96 bits per heavy atom. The summed E-state index contributed by atoms with van der Waals surface area (Å²) in [5, 5.41) is 0.0987. The van der Waals surface area contributed by atoms with Crippen LogP contribution >= 0.6 is 11.6 Å².